The maximum Gasteiger partial charge on any atom is 0.121 e. The molecular weight excluding hydrogens is 260 g/mol. The van der Waals surface area contributed by atoms with Crippen LogP contribution >= 0.6 is 0 Å². The van der Waals surface area contributed by atoms with E-state index in [1.165, 1.54) is 17.7 Å². The van der Waals surface area contributed by atoms with Crippen LogP contribution in [0.4, 0.5) is 0 Å². The van der Waals surface area contributed by atoms with Crippen molar-refractivity contribution in [3.05, 3.63) is 59.7 Å². The van der Waals surface area contributed by atoms with E-state index in [4.69, 9.17) is 0 Å². The number of hydrogen-bond acceptors (Lipinski definition) is 3. The molecule has 4 nitrogen and oxygen atoms in total. The molecule has 2 aromatic heterocycles. The number of nitrogens with one attached hydrogen (secondary N) is 2. The number of aryl methyl sites for hydroxylation is 1. The van der Waals surface area contributed by atoms with Crippen molar-refractivity contribution in [3.63, 3.8) is 0 Å². The third-order valence-corrected chi connectivity index (χ3v) is 4.18. The van der Waals surface area contributed by atoms with Crippen LogP contribution < -0.4 is 5.32 Å². The number of H-pyrrole nitrogens is 1. The molecule has 4 rings (SSSR count). The van der Waals surface area contributed by atoms with Gasteiger partial charge in [-0.1, -0.05) is 18.2 Å². The molecule has 2 heterocycles. The molecule has 0 bridgehead atoms. The molecule has 0 saturated heterocycles. The number of fused-ring (bicyclic) bond motifs is 2. The molecule has 2 N–H and O–H groups in total. The quantitative estimate of drug-likeness (QED) is 0.774. The highest BCUT2D eigenvalue weighted by Gasteiger charge is 2.19. The van der Waals surface area contributed by atoms with E-state index in [2.05, 4.69) is 32.4 Å². The Morgan fingerprint density at radius 3 is 3.10 bits per heavy atom. The molecule has 0 amide bonds. The topological polar surface area (TPSA) is 53.6 Å². The van der Waals surface area contributed by atoms with E-state index < -0.39 is 0 Å². The zero-order valence-corrected chi connectivity index (χ0v) is 11.8. The molecule has 0 saturated carbocycles. The minimum atomic E-state index is 0.487. The molecule has 0 spiro atoms. The largest absolute Gasteiger partial charge is 0.341 e. The molecule has 1 aliphatic rings. The number of aromatic nitrogens is 3. The van der Waals surface area contributed by atoms with Crippen molar-refractivity contribution in [1.29, 1.82) is 0 Å². The number of para-hydroxylation sites is 2. The van der Waals surface area contributed by atoms with Crippen molar-refractivity contribution >= 4 is 11.0 Å². The lowest BCUT2D eigenvalue weighted by Crippen LogP contribution is -2.34. The first kappa shape index (κ1) is 12.5. The van der Waals surface area contributed by atoms with Gasteiger partial charge in [-0.3, -0.25) is 4.98 Å². The van der Waals surface area contributed by atoms with Crippen LogP contribution in [0.15, 0.2) is 42.6 Å². The number of rotatable bonds is 3. The van der Waals surface area contributed by atoms with Gasteiger partial charge in [-0.05, 0) is 36.6 Å². The number of hydrogen-bond donors (Lipinski definition) is 2. The first-order valence-electron chi connectivity index (χ1n) is 7.48. The van der Waals surface area contributed by atoms with Crippen LogP contribution in [0, 0.1) is 0 Å². The van der Waals surface area contributed by atoms with E-state index >= 15 is 0 Å². The lowest BCUT2D eigenvalue weighted by Gasteiger charge is -2.24. The maximum atomic E-state index is 4.61. The summed E-state index contributed by atoms with van der Waals surface area (Å²) in [6, 6.07) is 12.9. The fourth-order valence-electron chi connectivity index (χ4n) is 3.05. The van der Waals surface area contributed by atoms with Gasteiger partial charge in [0.05, 0.1) is 17.6 Å². The minimum absolute atomic E-state index is 0.487. The molecule has 0 radical (unpaired) electrons. The minimum Gasteiger partial charge on any atom is -0.341 e. The number of imidazole rings is 1. The molecule has 106 valence electrons. The third-order valence-electron chi connectivity index (χ3n) is 4.18. The molecule has 0 aliphatic heterocycles. The van der Waals surface area contributed by atoms with E-state index in [0.29, 0.717) is 6.04 Å². The number of benzene rings is 1. The van der Waals surface area contributed by atoms with Gasteiger partial charge in [-0.15, -0.1) is 0 Å². The number of nitrogens with zero attached hydrogens (tertiary/aromatic N) is 2. The van der Waals surface area contributed by atoms with Gasteiger partial charge in [0.15, 0.2) is 0 Å². The normalized spacial score (nSPS) is 17.8. The molecule has 1 aromatic carbocycles. The average Bonchev–Trinajstić information content (AvgIpc) is 2.95. The van der Waals surface area contributed by atoms with Crippen molar-refractivity contribution in [3.8, 4) is 0 Å². The number of aromatic amines is 1. The van der Waals surface area contributed by atoms with Crippen LogP contribution in [0.5, 0.6) is 0 Å². The Morgan fingerprint density at radius 1 is 1.19 bits per heavy atom. The van der Waals surface area contributed by atoms with E-state index in [9.17, 15) is 0 Å². The monoisotopic (exact) mass is 278 g/mol. The van der Waals surface area contributed by atoms with E-state index in [1.54, 1.807) is 0 Å². The molecule has 0 fully saturated rings. The molecule has 21 heavy (non-hydrogen) atoms. The average molecular weight is 278 g/mol. The lowest BCUT2D eigenvalue weighted by atomic mass is 9.92. The van der Waals surface area contributed by atoms with Crippen LogP contribution in [0.1, 0.15) is 23.5 Å². The van der Waals surface area contributed by atoms with Gasteiger partial charge in [-0.2, -0.15) is 0 Å². The van der Waals surface area contributed by atoms with Crippen molar-refractivity contribution < 1.29 is 0 Å². The molecule has 1 atom stereocenters. The molecule has 3 aromatic rings. The first-order chi connectivity index (χ1) is 10.4. The fraction of sp³-hybridized carbons (Fsp3) is 0.294. The SMILES string of the molecule is c1cnc2c(c1)CCC(NCc1nc3ccccc3[nH]1)C2. The highest BCUT2D eigenvalue weighted by atomic mass is 15.0. The third kappa shape index (κ3) is 2.54. The van der Waals surface area contributed by atoms with Gasteiger partial charge in [0.2, 0.25) is 0 Å². The van der Waals surface area contributed by atoms with Crippen LogP contribution in [0.2, 0.25) is 0 Å². The Bertz CT molecular complexity index is 729. The summed E-state index contributed by atoms with van der Waals surface area (Å²) >= 11 is 0. The van der Waals surface area contributed by atoms with Crippen molar-refractivity contribution in [2.45, 2.75) is 31.8 Å². The molecule has 1 aliphatic carbocycles. The van der Waals surface area contributed by atoms with Gasteiger partial charge in [0.25, 0.3) is 0 Å². The van der Waals surface area contributed by atoms with Gasteiger partial charge in [-0.25, -0.2) is 4.98 Å². The fourth-order valence-corrected chi connectivity index (χ4v) is 3.05. The molecule has 1 unspecified atom stereocenters. The summed E-state index contributed by atoms with van der Waals surface area (Å²) in [5, 5.41) is 3.61. The van der Waals surface area contributed by atoms with Crippen LogP contribution in [0.25, 0.3) is 11.0 Å². The van der Waals surface area contributed by atoms with Crippen LogP contribution in [-0.2, 0) is 19.4 Å². The zero-order valence-electron chi connectivity index (χ0n) is 11.8. The smallest absolute Gasteiger partial charge is 0.121 e. The second kappa shape index (κ2) is 5.30. The highest BCUT2D eigenvalue weighted by Crippen LogP contribution is 2.19. The second-order valence-electron chi connectivity index (χ2n) is 5.63. The molecular formula is C17H18N4. The van der Waals surface area contributed by atoms with Gasteiger partial charge in [0.1, 0.15) is 5.82 Å². The van der Waals surface area contributed by atoms with Gasteiger partial charge < -0.3 is 10.3 Å². The van der Waals surface area contributed by atoms with Crippen LogP contribution in [0.3, 0.4) is 0 Å². The van der Waals surface area contributed by atoms with E-state index in [-0.39, 0.29) is 0 Å². The van der Waals surface area contributed by atoms with Gasteiger partial charge >= 0.3 is 0 Å². The summed E-state index contributed by atoms with van der Waals surface area (Å²) in [7, 11) is 0. The van der Waals surface area contributed by atoms with E-state index in [0.717, 1.165) is 36.2 Å². The predicted molar refractivity (Wildman–Crippen MR) is 83.0 cm³/mol. The van der Waals surface area contributed by atoms with Crippen molar-refractivity contribution in [2.24, 2.45) is 0 Å². The summed E-state index contributed by atoms with van der Waals surface area (Å²) in [6.45, 7) is 0.779. The van der Waals surface area contributed by atoms with Crippen LogP contribution in [-0.4, -0.2) is 21.0 Å². The molecule has 4 heteroatoms. The standard InChI is InChI=1S/C17H18N4/c1-2-6-15-14(5-1)20-17(21-15)11-19-13-8-7-12-4-3-9-18-16(12)10-13/h1-6,9,13,19H,7-8,10-11H2,(H,20,21). The van der Waals surface area contributed by atoms with Gasteiger partial charge in [0, 0.05) is 24.4 Å². The van der Waals surface area contributed by atoms with Crippen molar-refractivity contribution in [1.82, 2.24) is 20.3 Å². The predicted octanol–water partition coefficient (Wildman–Crippen LogP) is 2.61. The zero-order chi connectivity index (χ0) is 14.1. The van der Waals surface area contributed by atoms with Crippen molar-refractivity contribution in [2.75, 3.05) is 0 Å². The first-order valence-corrected chi connectivity index (χ1v) is 7.48. The summed E-state index contributed by atoms with van der Waals surface area (Å²) in [6.07, 6.45) is 5.18. The Labute approximate surface area is 123 Å². The Balaban J connectivity index is 1.43. The Kier molecular flexibility index (Phi) is 3.16. The Morgan fingerprint density at radius 2 is 2.14 bits per heavy atom. The number of pyridine rings is 1. The highest BCUT2D eigenvalue weighted by molar-refractivity contribution is 5.74. The second-order valence-corrected chi connectivity index (χ2v) is 5.63. The Hall–Kier alpha value is -2.20. The van der Waals surface area contributed by atoms with E-state index in [1.807, 2.05) is 30.5 Å². The summed E-state index contributed by atoms with van der Waals surface area (Å²) in [5.41, 5.74) is 4.78. The summed E-state index contributed by atoms with van der Waals surface area (Å²) in [5.74, 6) is 1.00. The maximum absolute atomic E-state index is 4.61. The lowest BCUT2D eigenvalue weighted by molar-refractivity contribution is 0.447. The summed E-state index contributed by atoms with van der Waals surface area (Å²) < 4.78 is 0. The summed E-state index contributed by atoms with van der Waals surface area (Å²) in [4.78, 5) is 12.5.